The van der Waals surface area contributed by atoms with Crippen LogP contribution in [0, 0.1) is 0 Å². The fraction of sp³-hybridized carbons (Fsp3) is 0.364. The molecule has 2 aromatic rings. The minimum atomic E-state index is -0.185. The van der Waals surface area contributed by atoms with Gasteiger partial charge in [-0.3, -0.25) is 9.59 Å². The lowest BCUT2D eigenvalue weighted by Crippen LogP contribution is -2.12. The van der Waals surface area contributed by atoms with Crippen LogP contribution >= 0.6 is 0 Å². The SMILES string of the molecule is CCCCCCOc1ccc(C(=O)Nc2ccc(NC(=O)CC)cc2)cc1. The molecule has 0 fully saturated rings. The summed E-state index contributed by atoms with van der Waals surface area (Å²) in [4.78, 5) is 23.7. The number of ether oxygens (including phenoxy) is 1. The molecule has 0 saturated carbocycles. The van der Waals surface area contributed by atoms with Crippen molar-refractivity contribution in [2.24, 2.45) is 0 Å². The third-order valence-electron chi connectivity index (χ3n) is 4.13. The summed E-state index contributed by atoms with van der Waals surface area (Å²) >= 11 is 0. The summed E-state index contributed by atoms with van der Waals surface area (Å²) < 4.78 is 5.69. The molecule has 144 valence electrons. The Morgan fingerprint density at radius 2 is 1.44 bits per heavy atom. The van der Waals surface area contributed by atoms with Gasteiger partial charge in [0.05, 0.1) is 6.61 Å². The van der Waals surface area contributed by atoms with E-state index in [9.17, 15) is 9.59 Å². The normalized spacial score (nSPS) is 10.3. The van der Waals surface area contributed by atoms with Gasteiger partial charge in [0.25, 0.3) is 5.91 Å². The largest absolute Gasteiger partial charge is 0.494 e. The molecule has 0 aliphatic carbocycles. The van der Waals surface area contributed by atoms with Gasteiger partial charge in [0.2, 0.25) is 5.91 Å². The molecule has 2 amide bonds. The van der Waals surface area contributed by atoms with Gasteiger partial charge >= 0.3 is 0 Å². The number of carbonyl (C=O) groups excluding carboxylic acids is 2. The molecule has 0 saturated heterocycles. The van der Waals surface area contributed by atoms with Crippen LogP contribution in [0.4, 0.5) is 11.4 Å². The first-order valence-corrected chi connectivity index (χ1v) is 9.56. The third kappa shape index (κ3) is 7.13. The summed E-state index contributed by atoms with van der Waals surface area (Å²) in [5.74, 6) is 0.549. The van der Waals surface area contributed by atoms with Crippen LogP contribution in [0.15, 0.2) is 48.5 Å². The zero-order chi connectivity index (χ0) is 19.5. The first-order valence-electron chi connectivity index (χ1n) is 9.56. The fourth-order valence-electron chi connectivity index (χ4n) is 2.51. The maximum absolute atomic E-state index is 12.3. The van der Waals surface area contributed by atoms with Crippen molar-refractivity contribution in [1.29, 1.82) is 0 Å². The summed E-state index contributed by atoms with van der Waals surface area (Å²) in [6.45, 7) is 4.68. The molecule has 5 heteroatoms. The van der Waals surface area contributed by atoms with Gasteiger partial charge in [0, 0.05) is 23.4 Å². The van der Waals surface area contributed by atoms with E-state index < -0.39 is 0 Å². The van der Waals surface area contributed by atoms with Crippen molar-refractivity contribution < 1.29 is 14.3 Å². The van der Waals surface area contributed by atoms with E-state index in [0.717, 1.165) is 12.2 Å². The topological polar surface area (TPSA) is 67.4 Å². The molecule has 2 N–H and O–H groups in total. The Morgan fingerprint density at radius 1 is 0.815 bits per heavy atom. The maximum atomic E-state index is 12.3. The van der Waals surface area contributed by atoms with Crippen LogP contribution in [0.1, 0.15) is 56.3 Å². The highest BCUT2D eigenvalue weighted by Crippen LogP contribution is 2.17. The van der Waals surface area contributed by atoms with Crippen LogP contribution in [0.2, 0.25) is 0 Å². The van der Waals surface area contributed by atoms with Crippen LogP contribution in [0.3, 0.4) is 0 Å². The average Bonchev–Trinajstić information content (AvgIpc) is 2.69. The molecule has 0 heterocycles. The van der Waals surface area contributed by atoms with Crippen molar-refractivity contribution in [2.75, 3.05) is 17.2 Å². The Kier molecular flexibility index (Phi) is 8.36. The van der Waals surface area contributed by atoms with Gasteiger partial charge in [0.1, 0.15) is 5.75 Å². The zero-order valence-electron chi connectivity index (χ0n) is 16.1. The number of unbranched alkanes of at least 4 members (excludes halogenated alkanes) is 3. The lowest BCUT2D eigenvalue weighted by molar-refractivity contribution is -0.115. The molecule has 2 rings (SSSR count). The van der Waals surface area contributed by atoms with Crippen molar-refractivity contribution in [3.05, 3.63) is 54.1 Å². The number of benzene rings is 2. The zero-order valence-corrected chi connectivity index (χ0v) is 16.1. The molecule has 27 heavy (non-hydrogen) atoms. The summed E-state index contributed by atoms with van der Waals surface area (Å²) in [7, 11) is 0. The van der Waals surface area contributed by atoms with E-state index >= 15 is 0 Å². The van der Waals surface area contributed by atoms with Crippen molar-refractivity contribution in [1.82, 2.24) is 0 Å². The highest BCUT2D eigenvalue weighted by molar-refractivity contribution is 6.04. The van der Waals surface area contributed by atoms with E-state index in [2.05, 4.69) is 17.6 Å². The molecule has 0 aliphatic rings. The van der Waals surface area contributed by atoms with Gasteiger partial charge in [-0.05, 0) is 55.0 Å². The smallest absolute Gasteiger partial charge is 0.255 e. The molecule has 0 atom stereocenters. The predicted octanol–water partition coefficient (Wildman–Crippen LogP) is 5.25. The second-order valence-electron chi connectivity index (χ2n) is 6.37. The number of amides is 2. The van der Waals surface area contributed by atoms with Crippen LogP contribution in [-0.2, 0) is 4.79 Å². The highest BCUT2D eigenvalue weighted by Gasteiger charge is 2.07. The molecule has 0 aliphatic heterocycles. The first-order chi connectivity index (χ1) is 13.1. The molecule has 0 unspecified atom stereocenters. The molecule has 2 aromatic carbocycles. The Labute approximate surface area is 161 Å². The minimum absolute atomic E-state index is 0.0422. The van der Waals surface area contributed by atoms with E-state index in [4.69, 9.17) is 4.74 Å². The minimum Gasteiger partial charge on any atom is -0.494 e. The number of hydrogen-bond acceptors (Lipinski definition) is 3. The Morgan fingerprint density at radius 3 is 2.04 bits per heavy atom. The lowest BCUT2D eigenvalue weighted by atomic mass is 10.2. The molecule has 0 aromatic heterocycles. The molecular formula is C22H28N2O3. The number of hydrogen-bond donors (Lipinski definition) is 2. The van der Waals surface area contributed by atoms with Gasteiger partial charge < -0.3 is 15.4 Å². The fourth-order valence-corrected chi connectivity index (χ4v) is 2.51. The number of carbonyl (C=O) groups is 2. The third-order valence-corrected chi connectivity index (χ3v) is 4.13. The summed E-state index contributed by atoms with van der Waals surface area (Å²) in [6.07, 6.45) is 5.09. The highest BCUT2D eigenvalue weighted by atomic mass is 16.5. The maximum Gasteiger partial charge on any atom is 0.255 e. The monoisotopic (exact) mass is 368 g/mol. The van der Waals surface area contributed by atoms with Gasteiger partial charge in [-0.25, -0.2) is 0 Å². The first kappa shape index (κ1) is 20.5. The van der Waals surface area contributed by atoms with Crippen LogP contribution in [-0.4, -0.2) is 18.4 Å². The lowest BCUT2D eigenvalue weighted by Gasteiger charge is -2.09. The molecule has 0 spiro atoms. The molecule has 5 nitrogen and oxygen atoms in total. The number of anilines is 2. The Balaban J connectivity index is 1.84. The van der Waals surface area contributed by atoms with Gasteiger partial charge in [0.15, 0.2) is 0 Å². The Bertz CT molecular complexity index is 724. The second-order valence-corrected chi connectivity index (χ2v) is 6.37. The summed E-state index contributed by atoms with van der Waals surface area (Å²) in [6, 6.07) is 14.2. The molecular weight excluding hydrogens is 340 g/mol. The van der Waals surface area contributed by atoms with E-state index in [1.54, 1.807) is 43.3 Å². The van der Waals surface area contributed by atoms with Crippen molar-refractivity contribution in [2.45, 2.75) is 46.0 Å². The van der Waals surface area contributed by atoms with Crippen LogP contribution < -0.4 is 15.4 Å². The van der Waals surface area contributed by atoms with Gasteiger partial charge in [-0.1, -0.05) is 33.1 Å². The van der Waals surface area contributed by atoms with E-state index in [1.165, 1.54) is 19.3 Å². The van der Waals surface area contributed by atoms with Gasteiger partial charge in [-0.15, -0.1) is 0 Å². The Hall–Kier alpha value is -2.82. The van der Waals surface area contributed by atoms with Crippen LogP contribution in [0.25, 0.3) is 0 Å². The van der Waals surface area contributed by atoms with Crippen molar-refractivity contribution in [3.8, 4) is 5.75 Å². The van der Waals surface area contributed by atoms with Crippen molar-refractivity contribution in [3.63, 3.8) is 0 Å². The number of nitrogens with one attached hydrogen (secondary N) is 2. The van der Waals surface area contributed by atoms with E-state index in [1.807, 2.05) is 12.1 Å². The van der Waals surface area contributed by atoms with E-state index in [0.29, 0.717) is 30.0 Å². The summed E-state index contributed by atoms with van der Waals surface area (Å²) in [5.41, 5.74) is 1.95. The number of rotatable bonds is 10. The van der Waals surface area contributed by atoms with Gasteiger partial charge in [-0.2, -0.15) is 0 Å². The van der Waals surface area contributed by atoms with E-state index in [-0.39, 0.29) is 11.8 Å². The molecule has 0 radical (unpaired) electrons. The average molecular weight is 368 g/mol. The van der Waals surface area contributed by atoms with Crippen molar-refractivity contribution >= 4 is 23.2 Å². The standard InChI is InChI=1S/C22H28N2O3/c1-3-5-6-7-16-27-20-14-8-17(9-15-20)22(26)24-19-12-10-18(11-13-19)23-21(25)4-2/h8-15H,3-7,16H2,1-2H3,(H,23,25)(H,24,26). The predicted molar refractivity (Wildman–Crippen MR) is 109 cm³/mol. The quantitative estimate of drug-likeness (QED) is 0.563. The second kappa shape index (κ2) is 11.0. The summed E-state index contributed by atoms with van der Waals surface area (Å²) in [5, 5.41) is 5.62. The molecule has 0 bridgehead atoms. The van der Waals surface area contributed by atoms with Crippen LogP contribution in [0.5, 0.6) is 5.75 Å².